The van der Waals surface area contributed by atoms with Crippen LogP contribution >= 0.6 is 0 Å². The van der Waals surface area contributed by atoms with Crippen LogP contribution < -0.4 is 15.4 Å². The van der Waals surface area contributed by atoms with E-state index in [1.165, 1.54) is 0 Å². The number of hydrogen-bond acceptors (Lipinski definition) is 5. The topological polar surface area (TPSA) is 93.7 Å². The van der Waals surface area contributed by atoms with Gasteiger partial charge in [-0.3, -0.25) is 14.4 Å². The third-order valence-corrected chi connectivity index (χ3v) is 3.49. The van der Waals surface area contributed by atoms with Crippen LogP contribution in [0.2, 0.25) is 0 Å². The first-order valence-electron chi connectivity index (χ1n) is 8.51. The summed E-state index contributed by atoms with van der Waals surface area (Å²) in [4.78, 5) is 35.5. The summed E-state index contributed by atoms with van der Waals surface area (Å²) in [5.74, 6) is -0.909. The van der Waals surface area contributed by atoms with Crippen LogP contribution in [-0.4, -0.2) is 37.5 Å². The maximum absolute atomic E-state index is 12.0. The zero-order valence-electron chi connectivity index (χ0n) is 15.3. The van der Waals surface area contributed by atoms with Gasteiger partial charge in [-0.1, -0.05) is 12.1 Å². The Labute approximate surface area is 157 Å². The molecule has 2 rings (SSSR count). The number of ether oxygens (including phenoxy) is 2. The van der Waals surface area contributed by atoms with Crippen LogP contribution in [0.3, 0.4) is 0 Å². The molecule has 0 spiro atoms. The van der Waals surface area contributed by atoms with Gasteiger partial charge in [0.2, 0.25) is 0 Å². The van der Waals surface area contributed by atoms with E-state index in [2.05, 4.69) is 10.6 Å². The van der Waals surface area contributed by atoms with Crippen molar-refractivity contribution in [2.45, 2.75) is 13.8 Å². The first-order chi connectivity index (χ1) is 13.0. The van der Waals surface area contributed by atoms with Crippen LogP contribution in [0.1, 0.15) is 22.8 Å². The Morgan fingerprint density at radius 3 is 2.44 bits per heavy atom. The van der Waals surface area contributed by atoms with E-state index in [4.69, 9.17) is 9.47 Å². The first-order valence-corrected chi connectivity index (χ1v) is 8.51. The van der Waals surface area contributed by atoms with Gasteiger partial charge in [-0.05, 0) is 55.8 Å². The van der Waals surface area contributed by atoms with Crippen molar-refractivity contribution >= 4 is 23.5 Å². The molecular formula is C20H22N2O5. The molecule has 0 heterocycles. The lowest BCUT2D eigenvalue weighted by molar-refractivity contribution is -0.146. The number of carbonyl (C=O) groups excluding carboxylic acids is 3. The third-order valence-electron chi connectivity index (χ3n) is 3.49. The number of aryl methyl sites for hydroxylation is 1. The van der Waals surface area contributed by atoms with Crippen LogP contribution in [-0.2, 0) is 14.3 Å². The highest BCUT2D eigenvalue weighted by Gasteiger charge is 2.11. The van der Waals surface area contributed by atoms with E-state index in [-0.39, 0.29) is 6.54 Å². The molecule has 0 aliphatic rings. The van der Waals surface area contributed by atoms with E-state index in [1.54, 1.807) is 36.4 Å². The zero-order chi connectivity index (χ0) is 19.6. The van der Waals surface area contributed by atoms with Crippen molar-refractivity contribution < 1.29 is 23.9 Å². The molecule has 0 aliphatic heterocycles. The van der Waals surface area contributed by atoms with Crippen LogP contribution in [0.4, 0.5) is 5.69 Å². The van der Waals surface area contributed by atoms with Crippen LogP contribution in [0.5, 0.6) is 5.75 Å². The van der Waals surface area contributed by atoms with Gasteiger partial charge in [-0.2, -0.15) is 0 Å². The van der Waals surface area contributed by atoms with Crippen molar-refractivity contribution in [3.05, 3.63) is 59.7 Å². The minimum Gasteiger partial charge on any atom is -0.494 e. The normalized spacial score (nSPS) is 10.0. The Hall–Kier alpha value is -3.35. The predicted molar refractivity (Wildman–Crippen MR) is 101 cm³/mol. The summed E-state index contributed by atoms with van der Waals surface area (Å²) >= 11 is 0. The number of anilines is 1. The highest BCUT2D eigenvalue weighted by Crippen LogP contribution is 2.12. The minimum absolute atomic E-state index is 0.330. The quantitative estimate of drug-likeness (QED) is 0.696. The molecule has 2 aromatic rings. The lowest BCUT2D eigenvalue weighted by atomic mass is 10.2. The van der Waals surface area contributed by atoms with Crippen molar-refractivity contribution in [1.29, 1.82) is 0 Å². The van der Waals surface area contributed by atoms with E-state index in [0.29, 0.717) is 23.6 Å². The number of amides is 2. The van der Waals surface area contributed by atoms with E-state index in [0.717, 1.165) is 5.56 Å². The largest absolute Gasteiger partial charge is 0.494 e. The first kappa shape index (κ1) is 20.0. The summed E-state index contributed by atoms with van der Waals surface area (Å²) in [5, 5.41) is 5.07. The molecule has 142 valence electrons. The summed E-state index contributed by atoms with van der Waals surface area (Å²) in [6, 6.07) is 13.8. The highest BCUT2D eigenvalue weighted by atomic mass is 16.5. The monoisotopic (exact) mass is 370 g/mol. The third kappa shape index (κ3) is 6.81. The van der Waals surface area contributed by atoms with Gasteiger partial charge in [-0.25, -0.2) is 0 Å². The van der Waals surface area contributed by atoms with Crippen LogP contribution in [0, 0.1) is 6.92 Å². The number of hydrogen-bond donors (Lipinski definition) is 2. The molecule has 2 aromatic carbocycles. The molecule has 2 N–H and O–H groups in total. The molecule has 7 heteroatoms. The van der Waals surface area contributed by atoms with Gasteiger partial charge in [-0.15, -0.1) is 0 Å². The molecule has 0 aromatic heterocycles. The van der Waals surface area contributed by atoms with E-state index in [1.807, 2.05) is 26.0 Å². The van der Waals surface area contributed by atoms with Gasteiger partial charge in [0.15, 0.2) is 6.61 Å². The van der Waals surface area contributed by atoms with Crippen molar-refractivity contribution in [3.63, 3.8) is 0 Å². The van der Waals surface area contributed by atoms with Crippen molar-refractivity contribution in [3.8, 4) is 5.75 Å². The van der Waals surface area contributed by atoms with E-state index in [9.17, 15) is 14.4 Å². The maximum atomic E-state index is 12.0. The Morgan fingerprint density at radius 2 is 1.78 bits per heavy atom. The highest BCUT2D eigenvalue weighted by molar-refractivity contribution is 5.96. The predicted octanol–water partition coefficient (Wildman–Crippen LogP) is 2.31. The number of esters is 1. The maximum Gasteiger partial charge on any atom is 0.325 e. The molecule has 0 radical (unpaired) electrons. The fourth-order valence-corrected chi connectivity index (χ4v) is 2.24. The lowest BCUT2D eigenvalue weighted by Gasteiger charge is -2.08. The molecule has 7 nitrogen and oxygen atoms in total. The van der Waals surface area contributed by atoms with Crippen LogP contribution in [0.25, 0.3) is 0 Å². The number of benzene rings is 2. The van der Waals surface area contributed by atoms with Gasteiger partial charge in [0.1, 0.15) is 12.3 Å². The number of rotatable bonds is 8. The smallest absolute Gasteiger partial charge is 0.325 e. The van der Waals surface area contributed by atoms with Crippen molar-refractivity contribution in [2.24, 2.45) is 0 Å². The molecule has 0 aliphatic carbocycles. The van der Waals surface area contributed by atoms with Gasteiger partial charge >= 0.3 is 5.97 Å². The molecule has 0 bridgehead atoms. The molecule has 0 fully saturated rings. The minimum atomic E-state index is -0.700. The number of nitrogens with one attached hydrogen (secondary N) is 2. The van der Waals surface area contributed by atoms with Gasteiger partial charge in [0.05, 0.1) is 6.61 Å². The molecule has 27 heavy (non-hydrogen) atoms. The number of carbonyl (C=O) groups is 3. The SMILES string of the molecule is CCOc1ccc(C(=O)NCC(=O)OCC(=O)Nc2cccc(C)c2)cc1. The lowest BCUT2D eigenvalue weighted by Crippen LogP contribution is -2.32. The summed E-state index contributed by atoms with van der Waals surface area (Å²) in [7, 11) is 0. The van der Waals surface area contributed by atoms with Crippen molar-refractivity contribution in [1.82, 2.24) is 5.32 Å². The zero-order valence-corrected chi connectivity index (χ0v) is 15.3. The Kier molecular flexibility index (Phi) is 7.37. The average molecular weight is 370 g/mol. The van der Waals surface area contributed by atoms with Gasteiger partial charge < -0.3 is 20.1 Å². The van der Waals surface area contributed by atoms with Gasteiger partial charge in [0, 0.05) is 11.3 Å². The fourth-order valence-electron chi connectivity index (χ4n) is 2.24. The molecule has 0 unspecified atom stereocenters. The average Bonchev–Trinajstić information content (AvgIpc) is 2.65. The summed E-state index contributed by atoms with van der Waals surface area (Å²) in [6.07, 6.45) is 0. The standard InChI is InChI=1S/C20H22N2O5/c1-3-26-17-9-7-15(8-10-17)20(25)21-12-19(24)27-13-18(23)22-16-6-4-5-14(2)11-16/h4-11H,3,12-13H2,1-2H3,(H,21,25)(H,22,23). The Balaban J connectivity index is 1.72. The molecule has 0 saturated carbocycles. The molecular weight excluding hydrogens is 348 g/mol. The molecule has 0 saturated heterocycles. The van der Waals surface area contributed by atoms with Crippen molar-refractivity contribution in [2.75, 3.05) is 25.1 Å². The summed E-state index contributed by atoms with van der Waals surface area (Å²) in [6.45, 7) is 3.56. The van der Waals surface area contributed by atoms with Gasteiger partial charge in [0.25, 0.3) is 11.8 Å². The van der Waals surface area contributed by atoms with Crippen LogP contribution in [0.15, 0.2) is 48.5 Å². The van der Waals surface area contributed by atoms with E-state index < -0.39 is 24.4 Å². The second-order valence-electron chi connectivity index (χ2n) is 5.72. The fraction of sp³-hybridized carbons (Fsp3) is 0.250. The Bertz CT molecular complexity index is 802. The second-order valence-corrected chi connectivity index (χ2v) is 5.72. The summed E-state index contributed by atoms with van der Waals surface area (Å²) < 4.78 is 10.2. The van der Waals surface area contributed by atoms with E-state index >= 15 is 0 Å². The summed E-state index contributed by atoms with van der Waals surface area (Å²) in [5.41, 5.74) is 2.02. The second kappa shape index (κ2) is 9.96. The molecule has 2 amide bonds. The molecule has 0 atom stereocenters. The Morgan fingerprint density at radius 1 is 1.04 bits per heavy atom.